The first-order valence-electron chi connectivity index (χ1n) is 16.1. The Kier molecular flexibility index (Phi) is 14.5. The van der Waals surface area contributed by atoms with Crippen LogP contribution in [0.4, 0.5) is 0 Å². The van der Waals surface area contributed by atoms with E-state index in [9.17, 15) is 28.8 Å². The molecule has 6 amide bonds. The van der Waals surface area contributed by atoms with E-state index in [0.717, 1.165) is 4.90 Å². The van der Waals surface area contributed by atoms with Crippen LogP contribution >= 0.6 is 0 Å². The highest BCUT2D eigenvalue weighted by molar-refractivity contribution is 5.95. The smallest absolute Gasteiger partial charge is 0.247 e. The van der Waals surface area contributed by atoms with Gasteiger partial charge in [-0.05, 0) is 42.3 Å². The van der Waals surface area contributed by atoms with Gasteiger partial charge in [0.05, 0.1) is 19.6 Å². The number of hydrogen-bond acceptors (Lipinski definition) is 11. The number of benzene rings is 2. The highest BCUT2D eigenvalue weighted by atomic mass is 16.5. The molecule has 4 bridgehead atoms. The van der Waals surface area contributed by atoms with Gasteiger partial charge in [-0.1, -0.05) is 12.1 Å². The fourth-order valence-corrected chi connectivity index (χ4v) is 5.28. The molecule has 2 aromatic rings. The largest absolute Gasteiger partial charge is 0.492 e. The van der Waals surface area contributed by atoms with Crippen LogP contribution in [0.25, 0.3) is 11.1 Å². The van der Waals surface area contributed by atoms with Gasteiger partial charge in [0.15, 0.2) is 0 Å². The van der Waals surface area contributed by atoms with Gasteiger partial charge in [0.1, 0.15) is 36.8 Å². The van der Waals surface area contributed by atoms with Crippen molar-refractivity contribution in [2.75, 3.05) is 59.5 Å². The fourth-order valence-electron chi connectivity index (χ4n) is 5.28. The molecule has 0 aliphatic carbocycles. The van der Waals surface area contributed by atoms with Gasteiger partial charge in [-0.25, -0.2) is 0 Å². The second-order valence-corrected chi connectivity index (χ2v) is 11.9. The number of primary amides is 1. The Balaban J connectivity index is 2.19. The van der Waals surface area contributed by atoms with Gasteiger partial charge in [-0.15, -0.1) is 0 Å². The van der Waals surface area contributed by atoms with Crippen LogP contribution in [-0.2, 0) is 35.2 Å². The number of likely N-dealkylation sites (N-methyl/N-ethyl adjacent to an activating group) is 1. The first-order valence-corrected chi connectivity index (χ1v) is 16.1. The molecule has 0 fully saturated rings. The van der Waals surface area contributed by atoms with Crippen molar-refractivity contribution in [3.8, 4) is 22.6 Å². The van der Waals surface area contributed by atoms with Crippen LogP contribution in [0, 0.1) is 0 Å². The highest BCUT2D eigenvalue weighted by Gasteiger charge is 2.32. The van der Waals surface area contributed by atoms with Crippen LogP contribution in [0.5, 0.6) is 11.5 Å². The van der Waals surface area contributed by atoms with Gasteiger partial charge in [-0.2, -0.15) is 0 Å². The van der Waals surface area contributed by atoms with Crippen molar-refractivity contribution in [2.45, 2.75) is 38.4 Å². The van der Waals surface area contributed by atoms with Gasteiger partial charge in [0, 0.05) is 57.2 Å². The molecule has 11 N–H and O–H groups in total. The van der Waals surface area contributed by atoms with Crippen LogP contribution in [0.3, 0.4) is 0 Å². The van der Waals surface area contributed by atoms with E-state index in [1.807, 2.05) is 0 Å². The minimum absolute atomic E-state index is 0.00466. The first-order chi connectivity index (χ1) is 23.7. The zero-order chi connectivity index (χ0) is 37.0. The van der Waals surface area contributed by atoms with Crippen molar-refractivity contribution in [1.29, 1.82) is 0 Å². The summed E-state index contributed by atoms with van der Waals surface area (Å²) in [4.78, 5) is 79.7. The van der Waals surface area contributed by atoms with Crippen molar-refractivity contribution >= 4 is 35.4 Å². The summed E-state index contributed by atoms with van der Waals surface area (Å²) in [6.45, 7) is 2.31. The number of rotatable bonds is 14. The van der Waals surface area contributed by atoms with Gasteiger partial charge < -0.3 is 58.2 Å². The molecule has 272 valence electrons. The summed E-state index contributed by atoms with van der Waals surface area (Å²) in [5, 5.41) is 7.52. The number of hydrogen-bond donors (Lipinski definition) is 7. The summed E-state index contributed by atoms with van der Waals surface area (Å²) < 4.78 is 12.0. The maximum atomic E-state index is 13.9. The summed E-state index contributed by atoms with van der Waals surface area (Å²) in [7, 11) is 1.39. The van der Waals surface area contributed by atoms with E-state index >= 15 is 0 Å². The summed E-state index contributed by atoms with van der Waals surface area (Å²) in [6, 6.07) is 7.11. The summed E-state index contributed by atoms with van der Waals surface area (Å²) in [6.07, 6.45) is 0.0380. The third-order valence-corrected chi connectivity index (χ3v) is 7.65. The molecule has 17 heteroatoms. The maximum Gasteiger partial charge on any atom is 0.247 e. The lowest BCUT2D eigenvalue weighted by Crippen LogP contribution is -2.52. The lowest BCUT2D eigenvalue weighted by molar-refractivity contribution is -0.144. The maximum absolute atomic E-state index is 13.9. The normalized spacial score (nSPS) is 16.5. The van der Waals surface area contributed by atoms with Crippen molar-refractivity contribution in [2.24, 2.45) is 22.9 Å². The lowest BCUT2D eigenvalue weighted by atomic mass is 9.94. The monoisotopic (exact) mass is 697 g/mol. The number of nitrogens with two attached hydrogens (primary N) is 4. The standard InChI is InChI=1S/C33H47N9O8/c1-19(36)17-42(29(45)16-38-20(2)43)18-30(46)41(3)31-22-5-7-27(50-11-9-35)24(14-22)23-12-21(4-6-26(23)49-10-8-34)13-25(32(37)47)40-28(44)15-39-33(31)48/h4-7,12,14,19,25,31H,8-11,13,15-18,34-36H2,1-3H3,(H2,37,47)(H,38,43)(H,39,48)(H,40,44). The predicted octanol–water partition coefficient (Wildman–Crippen LogP) is -2.52. The van der Waals surface area contributed by atoms with Crippen molar-refractivity contribution in [3.05, 3.63) is 47.5 Å². The number of nitrogens with one attached hydrogen (secondary N) is 3. The Hall–Kier alpha value is -5.26. The average molecular weight is 698 g/mol. The molecule has 3 rings (SSSR count). The zero-order valence-corrected chi connectivity index (χ0v) is 28.5. The molecule has 3 atom stereocenters. The Bertz CT molecular complexity index is 1570. The van der Waals surface area contributed by atoms with Crippen molar-refractivity contribution in [1.82, 2.24) is 25.8 Å². The molecule has 0 spiro atoms. The van der Waals surface area contributed by atoms with Crippen LogP contribution < -0.4 is 48.4 Å². The molecule has 17 nitrogen and oxygen atoms in total. The average Bonchev–Trinajstić information content (AvgIpc) is 3.07. The predicted molar refractivity (Wildman–Crippen MR) is 183 cm³/mol. The third-order valence-electron chi connectivity index (χ3n) is 7.65. The second-order valence-electron chi connectivity index (χ2n) is 11.9. The van der Waals surface area contributed by atoms with Gasteiger partial charge in [0.25, 0.3) is 0 Å². The number of amides is 6. The molecule has 1 heterocycles. The molecular weight excluding hydrogens is 650 g/mol. The molecule has 0 saturated carbocycles. The second kappa shape index (κ2) is 18.5. The van der Waals surface area contributed by atoms with E-state index in [-0.39, 0.29) is 45.8 Å². The van der Waals surface area contributed by atoms with Crippen LogP contribution in [0.2, 0.25) is 0 Å². The first kappa shape index (κ1) is 39.2. The molecular formula is C33H47N9O8. The van der Waals surface area contributed by atoms with Crippen molar-refractivity contribution in [3.63, 3.8) is 0 Å². The summed E-state index contributed by atoms with van der Waals surface area (Å²) in [5.41, 5.74) is 25.0. The molecule has 3 unspecified atom stereocenters. The zero-order valence-electron chi connectivity index (χ0n) is 28.5. The number of fused-ring (bicyclic) bond motifs is 5. The highest BCUT2D eigenvalue weighted by Crippen LogP contribution is 2.40. The molecule has 2 aromatic carbocycles. The summed E-state index contributed by atoms with van der Waals surface area (Å²) in [5.74, 6) is -3.03. The SMILES string of the molecule is CC(=O)NCC(=O)N(CC(=O)N(C)C1C(=O)NCC(=O)NC(C(N)=O)Cc2ccc(OCCN)c(c2)-c2cc1ccc2OCCN)CC(C)N. The number of carbonyl (C=O) groups is 6. The lowest BCUT2D eigenvalue weighted by Gasteiger charge is -2.31. The molecule has 0 saturated heterocycles. The Morgan fingerprint density at radius 1 is 0.980 bits per heavy atom. The quantitative estimate of drug-likeness (QED) is 0.108. The Morgan fingerprint density at radius 3 is 2.18 bits per heavy atom. The molecule has 0 aromatic heterocycles. The molecule has 50 heavy (non-hydrogen) atoms. The third kappa shape index (κ3) is 10.9. The van der Waals surface area contributed by atoms with E-state index in [1.54, 1.807) is 43.3 Å². The molecule has 1 aliphatic rings. The van der Waals surface area contributed by atoms with Crippen LogP contribution in [0.1, 0.15) is 31.0 Å². The van der Waals surface area contributed by atoms with Gasteiger partial charge in [0.2, 0.25) is 35.4 Å². The van der Waals surface area contributed by atoms with E-state index in [2.05, 4.69) is 16.0 Å². The van der Waals surface area contributed by atoms with E-state index in [0.29, 0.717) is 33.8 Å². The summed E-state index contributed by atoms with van der Waals surface area (Å²) >= 11 is 0. The molecule has 1 aliphatic heterocycles. The number of carbonyl (C=O) groups excluding carboxylic acids is 6. The topological polar surface area (TPSA) is 268 Å². The number of ether oxygens (including phenoxy) is 2. The minimum atomic E-state index is -1.33. The van der Waals surface area contributed by atoms with Gasteiger partial charge >= 0.3 is 0 Å². The van der Waals surface area contributed by atoms with E-state index < -0.39 is 66.7 Å². The Morgan fingerprint density at radius 2 is 1.60 bits per heavy atom. The van der Waals surface area contributed by atoms with E-state index in [4.69, 9.17) is 32.4 Å². The van der Waals surface area contributed by atoms with E-state index in [1.165, 1.54) is 18.9 Å². The van der Waals surface area contributed by atoms with Crippen LogP contribution in [-0.4, -0.2) is 117 Å². The molecule has 0 radical (unpaired) electrons. The fraction of sp³-hybridized carbons (Fsp3) is 0.455. The van der Waals surface area contributed by atoms with Gasteiger partial charge in [-0.3, -0.25) is 28.8 Å². The number of nitrogens with zero attached hydrogens (tertiary/aromatic N) is 2. The van der Waals surface area contributed by atoms with Crippen LogP contribution in [0.15, 0.2) is 36.4 Å². The van der Waals surface area contributed by atoms with Crippen molar-refractivity contribution < 1.29 is 38.2 Å². The minimum Gasteiger partial charge on any atom is -0.492 e. The Labute approximate surface area is 290 Å².